The van der Waals surface area contributed by atoms with Crippen LogP contribution in [-0.2, 0) is 0 Å². The fourth-order valence-corrected chi connectivity index (χ4v) is 1.30. The molecule has 1 rings (SSSR count). The van der Waals surface area contributed by atoms with Crippen LogP contribution in [0.15, 0.2) is 30.3 Å². The van der Waals surface area contributed by atoms with Crippen molar-refractivity contribution in [3.05, 3.63) is 30.3 Å². The molecule has 7 heteroatoms. The van der Waals surface area contributed by atoms with Gasteiger partial charge in [-0.25, -0.2) is 0 Å². The molecule has 5 nitrogen and oxygen atoms in total. The number of rotatable bonds is 3. The third-order valence-corrected chi connectivity index (χ3v) is 2.17. The van der Waals surface area contributed by atoms with Gasteiger partial charge in [0.1, 0.15) is 0 Å². The van der Waals surface area contributed by atoms with Gasteiger partial charge in [-0.3, -0.25) is 21.7 Å². The lowest BCUT2D eigenvalue weighted by Crippen LogP contribution is -2.51. The Morgan fingerprint density at radius 2 is 1.65 bits per heavy atom. The van der Waals surface area contributed by atoms with Crippen molar-refractivity contribution < 1.29 is 0 Å². The van der Waals surface area contributed by atoms with Gasteiger partial charge >= 0.3 is 0 Å². The van der Waals surface area contributed by atoms with Crippen LogP contribution in [0.4, 0.5) is 5.69 Å². The molecule has 17 heavy (non-hydrogen) atoms. The summed E-state index contributed by atoms with van der Waals surface area (Å²) in [4.78, 5) is 0. The van der Waals surface area contributed by atoms with Gasteiger partial charge in [0.25, 0.3) is 0 Å². The Balaban J connectivity index is 2.20. The van der Waals surface area contributed by atoms with Gasteiger partial charge in [0.15, 0.2) is 5.11 Å². The molecule has 0 saturated carbocycles. The molecule has 0 aliphatic heterocycles. The van der Waals surface area contributed by atoms with Gasteiger partial charge in [-0.1, -0.05) is 18.2 Å². The maximum atomic E-state index is 5.02. The van der Waals surface area contributed by atoms with E-state index < -0.39 is 0 Å². The maximum absolute atomic E-state index is 5.02. The first-order valence-electron chi connectivity index (χ1n) is 5.13. The first-order valence-corrected chi connectivity index (χ1v) is 5.95. The zero-order valence-corrected chi connectivity index (χ0v) is 11.0. The molecular weight excluding hydrogens is 254 g/mol. The number of hydrazine groups is 2. The summed E-state index contributed by atoms with van der Waals surface area (Å²) in [6.07, 6.45) is 0. The van der Waals surface area contributed by atoms with Gasteiger partial charge in [-0.15, -0.1) is 0 Å². The molecule has 0 aliphatic carbocycles. The molecule has 0 aliphatic rings. The summed E-state index contributed by atoms with van der Waals surface area (Å²) in [6, 6.07) is 9.65. The van der Waals surface area contributed by atoms with Crippen LogP contribution in [-0.4, -0.2) is 16.8 Å². The Labute approximate surface area is 111 Å². The van der Waals surface area contributed by atoms with Crippen molar-refractivity contribution in [1.29, 1.82) is 0 Å². The van der Waals surface area contributed by atoms with E-state index >= 15 is 0 Å². The Morgan fingerprint density at radius 3 is 2.29 bits per heavy atom. The van der Waals surface area contributed by atoms with Gasteiger partial charge in [0, 0.05) is 6.54 Å². The Hall–Kier alpha value is -1.60. The minimum atomic E-state index is 0.397. The van der Waals surface area contributed by atoms with Crippen LogP contribution >= 0.6 is 24.4 Å². The summed E-state index contributed by atoms with van der Waals surface area (Å²) in [5.74, 6) is 0. The van der Waals surface area contributed by atoms with E-state index in [0.29, 0.717) is 10.2 Å². The SMILES string of the molecule is CCNC(=S)NNC(=S)NNc1ccccc1. The van der Waals surface area contributed by atoms with Crippen LogP contribution in [0, 0.1) is 0 Å². The highest BCUT2D eigenvalue weighted by Gasteiger charge is 1.95. The molecule has 0 radical (unpaired) electrons. The molecule has 0 fully saturated rings. The molecule has 0 saturated heterocycles. The van der Waals surface area contributed by atoms with E-state index in [9.17, 15) is 0 Å². The fourth-order valence-electron chi connectivity index (χ4n) is 1.000. The number of nitrogens with one attached hydrogen (secondary N) is 5. The van der Waals surface area contributed by atoms with Crippen molar-refractivity contribution in [3.8, 4) is 0 Å². The molecule has 0 spiro atoms. The lowest BCUT2D eigenvalue weighted by molar-refractivity contribution is 0.805. The van der Waals surface area contributed by atoms with Crippen molar-refractivity contribution >= 4 is 40.3 Å². The number of benzene rings is 1. The van der Waals surface area contributed by atoms with Gasteiger partial charge in [0.05, 0.1) is 5.69 Å². The molecule has 92 valence electrons. The minimum Gasteiger partial charge on any atom is -0.362 e. The van der Waals surface area contributed by atoms with Gasteiger partial charge in [-0.05, 0) is 43.5 Å². The predicted molar refractivity (Wildman–Crippen MR) is 78.3 cm³/mol. The summed E-state index contributed by atoms with van der Waals surface area (Å²) >= 11 is 9.98. The molecule has 0 aromatic heterocycles. The molecule has 0 bridgehead atoms. The van der Waals surface area contributed by atoms with Gasteiger partial charge in [-0.2, -0.15) is 0 Å². The Bertz CT molecular complexity index is 368. The summed E-state index contributed by atoms with van der Waals surface area (Å²) < 4.78 is 0. The summed E-state index contributed by atoms with van der Waals surface area (Å²) in [5, 5.41) is 3.82. The molecule has 5 N–H and O–H groups in total. The smallest absolute Gasteiger partial charge is 0.204 e. The average Bonchev–Trinajstić information content (AvgIpc) is 2.35. The molecule has 0 unspecified atom stereocenters. The van der Waals surface area contributed by atoms with Crippen LogP contribution < -0.4 is 27.0 Å². The van der Waals surface area contributed by atoms with E-state index in [4.69, 9.17) is 24.4 Å². The van der Waals surface area contributed by atoms with E-state index in [1.54, 1.807) is 0 Å². The fraction of sp³-hybridized carbons (Fsp3) is 0.200. The molecular formula is C10H15N5S2. The maximum Gasteiger partial charge on any atom is 0.204 e. The second-order valence-corrected chi connectivity index (χ2v) is 3.87. The monoisotopic (exact) mass is 269 g/mol. The molecule has 1 aromatic carbocycles. The third kappa shape index (κ3) is 5.88. The molecule has 0 atom stereocenters. The Morgan fingerprint density at radius 1 is 1.00 bits per heavy atom. The first-order chi connectivity index (χ1) is 8.22. The number of hydrogen-bond acceptors (Lipinski definition) is 3. The molecule has 0 heterocycles. The predicted octanol–water partition coefficient (Wildman–Crippen LogP) is 0.877. The van der Waals surface area contributed by atoms with Crippen LogP contribution in [0.2, 0.25) is 0 Å². The van der Waals surface area contributed by atoms with E-state index in [0.717, 1.165) is 12.2 Å². The van der Waals surface area contributed by atoms with Crippen molar-refractivity contribution in [2.45, 2.75) is 6.92 Å². The van der Waals surface area contributed by atoms with Gasteiger partial charge in [0.2, 0.25) is 5.11 Å². The normalized spacial score (nSPS) is 9.00. The summed E-state index contributed by atoms with van der Waals surface area (Å²) in [7, 11) is 0. The van der Waals surface area contributed by atoms with Crippen LogP contribution in [0.3, 0.4) is 0 Å². The average molecular weight is 269 g/mol. The highest BCUT2D eigenvalue weighted by Crippen LogP contribution is 2.01. The van der Waals surface area contributed by atoms with E-state index in [1.165, 1.54) is 0 Å². The standard InChI is InChI=1S/C10H15N5S2/c1-2-11-9(16)13-15-10(17)14-12-8-6-4-3-5-7-8/h3-7,12H,2H2,1H3,(H2,11,13,16)(H2,14,15,17). The first kappa shape index (κ1) is 13.5. The number of hydrogen-bond donors (Lipinski definition) is 5. The molecule has 0 amide bonds. The topological polar surface area (TPSA) is 60.1 Å². The largest absolute Gasteiger partial charge is 0.362 e. The summed E-state index contributed by atoms with van der Waals surface area (Å²) in [6.45, 7) is 2.72. The van der Waals surface area contributed by atoms with E-state index in [2.05, 4.69) is 27.0 Å². The van der Waals surface area contributed by atoms with Crippen molar-refractivity contribution in [1.82, 2.24) is 21.6 Å². The third-order valence-electron chi connectivity index (χ3n) is 1.72. The highest BCUT2D eigenvalue weighted by atomic mass is 32.1. The van der Waals surface area contributed by atoms with Crippen LogP contribution in [0.1, 0.15) is 6.92 Å². The number of thiocarbonyl (C=S) groups is 2. The van der Waals surface area contributed by atoms with Crippen LogP contribution in [0.25, 0.3) is 0 Å². The van der Waals surface area contributed by atoms with Crippen molar-refractivity contribution in [3.63, 3.8) is 0 Å². The lowest BCUT2D eigenvalue weighted by Gasteiger charge is -2.14. The zero-order chi connectivity index (χ0) is 12.5. The van der Waals surface area contributed by atoms with E-state index in [1.807, 2.05) is 37.3 Å². The quantitative estimate of drug-likeness (QED) is 0.412. The van der Waals surface area contributed by atoms with E-state index in [-0.39, 0.29) is 0 Å². The lowest BCUT2D eigenvalue weighted by atomic mass is 10.3. The zero-order valence-electron chi connectivity index (χ0n) is 9.41. The second-order valence-electron chi connectivity index (χ2n) is 3.05. The van der Waals surface area contributed by atoms with Crippen LogP contribution in [0.5, 0.6) is 0 Å². The molecule has 1 aromatic rings. The summed E-state index contributed by atoms with van der Waals surface area (Å²) in [5.41, 5.74) is 12.2. The minimum absolute atomic E-state index is 0.397. The Kier molecular flexibility index (Phi) is 6.05. The highest BCUT2D eigenvalue weighted by molar-refractivity contribution is 7.80. The number of para-hydroxylation sites is 1. The number of anilines is 1. The second kappa shape index (κ2) is 7.64. The van der Waals surface area contributed by atoms with Crippen molar-refractivity contribution in [2.75, 3.05) is 12.0 Å². The van der Waals surface area contributed by atoms with Gasteiger partial charge < -0.3 is 5.32 Å². The van der Waals surface area contributed by atoms with Crippen molar-refractivity contribution in [2.24, 2.45) is 0 Å².